The quantitative estimate of drug-likeness (QED) is 0.0314. The first-order chi connectivity index (χ1) is 39.5. The number of hydrogen-bond donors (Lipinski definition) is 0. The molecule has 0 aliphatic carbocycles. The fraction of sp³-hybridized carbons (Fsp3) is 0.887. The average molecular weight is 1210 g/mol. The zero-order valence-electron chi connectivity index (χ0n) is 51.8. The lowest BCUT2D eigenvalue weighted by Gasteiger charge is -2.48. The first-order valence-corrected chi connectivity index (χ1v) is 33.6. The van der Waals surface area contributed by atoms with Gasteiger partial charge < -0.3 is 52.1 Å². The Kier molecular flexibility index (Phi) is 43.0. The molecule has 0 aromatic carbocycles. The largest absolute Gasteiger partial charge is 0.463 e. The molecule has 0 N–H and O–H groups in total. The normalized spacial score (nSPS) is 22.5. The number of ether oxygens (including phenoxy) is 11. The summed E-state index contributed by atoms with van der Waals surface area (Å²) < 4.78 is 65.2. The van der Waals surface area contributed by atoms with Gasteiger partial charge in [0, 0.05) is 54.4 Å². The van der Waals surface area contributed by atoms with Gasteiger partial charge in [0.1, 0.15) is 31.5 Å². The van der Waals surface area contributed by atoms with E-state index in [9.17, 15) is 33.6 Å². The molecule has 10 atom stereocenters. The van der Waals surface area contributed by atoms with Crippen molar-refractivity contribution >= 4 is 65.3 Å². The summed E-state index contributed by atoms with van der Waals surface area (Å²) in [5.74, 6) is -1.94. The van der Waals surface area contributed by atoms with E-state index in [2.05, 4.69) is 13.8 Å². The molecular formula is C62H108O18S2. The third-order valence-corrected chi connectivity index (χ3v) is 16.9. The van der Waals surface area contributed by atoms with Gasteiger partial charge in [-0.1, -0.05) is 181 Å². The molecule has 0 spiro atoms. The minimum atomic E-state index is -1.78. The standard InChI is InChI=1S/C62H108O18S2/c1-10-12-14-16-18-20-22-24-26-28-30-32-34-36-38-81-43-52(44-82-39-37-35-33-31-29-27-25-23-21-19-17-15-13-11-2)40-72-61-59(76-50(8)68)58(75-49(7)67)56(54(78-61)42-71-46(4)64)80-62-60(77-51(9)69)57(74-48(6)66)55(73-47(5)65)53(79-62)41-70-45(3)63/h52-62H,10-44H2,1-9H3/t53-,54-,55+,56+,57+,58+,59-,60-,61-,62-/m1/s1. The predicted octanol–water partition coefficient (Wildman–Crippen LogP) is 12.7. The smallest absolute Gasteiger partial charge is 0.303 e. The Morgan fingerprint density at radius 1 is 0.354 bits per heavy atom. The highest BCUT2D eigenvalue weighted by molar-refractivity contribution is 8.00. The van der Waals surface area contributed by atoms with Crippen LogP contribution in [0.4, 0.5) is 0 Å². The number of hydrogen-bond acceptors (Lipinski definition) is 20. The molecule has 476 valence electrons. The summed E-state index contributed by atoms with van der Waals surface area (Å²) in [6.07, 6.45) is 21.1. The molecular weight excluding hydrogens is 1100 g/mol. The molecule has 2 saturated heterocycles. The third-order valence-electron chi connectivity index (χ3n) is 14.4. The van der Waals surface area contributed by atoms with E-state index in [-0.39, 0.29) is 12.5 Å². The van der Waals surface area contributed by atoms with Gasteiger partial charge in [-0.15, -0.1) is 0 Å². The van der Waals surface area contributed by atoms with Crippen molar-refractivity contribution in [1.29, 1.82) is 0 Å². The molecule has 18 nitrogen and oxygen atoms in total. The number of unbranched alkanes of at least 4 members (excludes halogenated alkanes) is 26. The highest BCUT2D eigenvalue weighted by Gasteiger charge is 2.57. The fourth-order valence-electron chi connectivity index (χ4n) is 10.3. The molecule has 2 fully saturated rings. The van der Waals surface area contributed by atoms with Gasteiger partial charge in [-0.2, -0.15) is 23.5 Å². The number of rotatable bonds is 48. The van der Waals surface area contributed by atoms with Gasteiger partial charge >= 0.3 is 41.8 Å². The second kappa shape index (κ2) is 47.0. The van der Waals surface area contributed by atoms with Gasteiger partial charge in [-0.05, 0) is 35.9 Å². The zero-order chi connectivity index (χ0) is 60.3. The maximum absolute atomic E-state index is 13.1. The van der Waals surface area contributed by atoms with E-state index in [1.54, 1.807) is 0 Å². The lowest BCUT2D eigenvalue weighted by molar-refractivity contribution is -0.361. The number of thioether (sulfide) groups is 2. The van der Waals surface area contributed by atoms with Gasteiger partial charge in [-0.3, -0.25) is 33.6 Å². The van der Waals surface area contributed by atoms with Crippen molar-refractivity contribution in [3.63, 3.8) is 0 Å². The molecule has 0 radical (unpaired) electrons. The molecule has 2 rings (SSSR count). The predicted molar refractivity (Wildman–Crippen MR) is 318 cm³/mol. The molecule has 20 heteroatoms. The van der Waals surface area contributed by atoms with Crippen molar-refractivity contribution in [2.24, 2.45) is 5.92 Å². The maximum atomic E-state index is 13.1. The van der Waals surface area contributed by atoms with Crippen LogP contribution in [0.15, 0.2) is 0 Å². The van der Waals surface area contributed by atoms with Gasteiger partial charge in [0.2, 0.25) is 0 Å². The number of esters is 7. The Hall–Kier alpha value is -3.17. The van der Waals surface area contributed by atoms with Crippen molar-refractivity contribution in [2.75, 3.05) is 42.8 Å². The molecule has 82 heavy (non-hydrogen) atoms. The van der Waals surface area contributed by atoms with E-state index in [0.29, 0.717) is 0 Å². The number of carbonyl (C=O) groups excluding carboxylic acids is 7. The van der Waals surface area contributed by atoms with Crippen LogP contribution in [0.2, 0.25) is 0 Å². The Morgan fingerprint density at radius 3 is 1.00 bits per heavy atom. The average Bonchev–Trinajstić information content (AvgIpc) is 3.59. The van der Waals surface area contributed by atoms with Crippen LogP contribution in [0.5, 0.6) is 0 Å². The van der Waals surface area contributed by atoms with E-state index >= 15 is 0 Å². The molecule has 0 aromatic heterocycles. The monoisotopic (exact) mass is 1200 g/mol. The van der Waals surface area contributed by atoms with Crippen molar-refractivity contribution in [2.45, 2.75) is 304 Å². The van der Waals surface area contributed by atoms with Crippen LogP contribution in [0, 0.1) is 5.92 Å². The highest BCUT2D eigenvalue weighted by atomic mass is 32.2. The summed E-state index contributed by atoms with van der Waals surface area (Å²) in [5.41, 5.74) is 0. The molecule has 2 heterocycles. The third kappa shape index (κ3) is 35.3. The van der Waals surface area contributed by atoms with Crippen molar-refractivity contribution < 1.29 is 85.7 Å². The summed E-state index contributed by atoms with van der Waals surface area (Å²) in [4.78, 5) is 88.3. The minimum absolute atomic E-state index is 0.0422. The second-order valence-electron chi connectivity index (χ2n) is 22.2. The van der Waals surface area contributed by atoms with Crippen molar-refractivity contribution in [3.05, 3.63) is 0 Å². The molecule has 0 bridgehead atoms. The minimum Gasteiger partial charge on any atom is -0.463 e. The maximum Gasteiger partial charge on any atom is 0.303 e. The first-order valence-electron chi connectivity index (χ1n) is 31.3. The topological polar surface area (TPSA) is 221 Å². The Labute approximate surface area is 501 Å². The molecule has 0 saturated carbocycles. The second-order valence-corrected chi connectivity index (χ2v) is 24.5. The first kappa shape index (κ1) is 74.9. The van der Waals surface area contributed by atoms with Crippen LogP contribution < -0.4 is 0 Å². The summed E-state index contributed by atoms with van der Waals surface area (Å²) in [6, 6.07) is 0. The fourth-order valence-corrected chi connectivity index (χ4v) is 12.7. The summed E-state index contributed by atoms with van der Waals surface area (Å²) in [5, 5.41) is 0. The molecule has 0 amide bonds. The van der Waals surface area contributed by atoms with E-state index in [1.807, 2.05) is 23.5 Å². The SMILES string of the molecule is CCCCCCCCCCCCCCCCSCC(CO[C@@H]1O[C@H](COC(C)=O)[C@H](O[C@H]2O[C@H](COC(C)=O)[C@H](OC(C)=O)[C@H](OC(C)=O)[C@H]2OC(C)=O)[C@H](OC(C)=O)[C@H]1OC(C)=O)CSCCCCCCCCCCCCCCCC. The number of carbonyl (C=O) groups is 7. The van der Waals surface area contributed by atoms with E-state index in [0.717, 1.165) is 70.5 Å². The lowest BCUT2D eigenvalue weighted by Crippen LogP contribution is -2.67. The van der Waals surface area contributed by atoms with Crippen LogP contribution in [0.3, 0.4) is 0 Å². The van der Waals surface area contributed by atoms with Crippen molar-refractivity contribution in [3.8, 4) is 0 Å². The van der Waals surface area contributed by atoms with Crippen LogP contribution in [-0.2, 0) is 85.7 Å². The van der Waals surface area contributed by atoms with Crippen molar-refractivity contribution in [1.82, 2.24) is 0 Å². The molecule has 0 aromatic rings. The van der Waals surface area contributed by atoms with E-state index in [4.69, 9.17) is 52.1 Å². The molecule has 2 aliphatic heterocycles. The summed E-state index contributed by atoms with van der Waals surface area (Å²) >= 11 is 3.77. The van der Waals surface area contributed by atoms with Crippen LogP contribution in [0.1, 0.15) is 242 Å². The van der Waals surface area contributed by atoms with Gasteiger partial charge in [-0.25, -0.2) is 0 Å². The molecule has 0 unspecified atom stereocenters. The van der Waals surface area contributed by atoms with E-state index < -0.39 is 116 Å². The van der Waals surface area contributed by atoms with Crippen LogP contribution in [-0.4, -0.2) is 146 Å². The van der Waals surface area contributed by atoms with Gasteiger partial charge in [0.05, 0.1) is 6.61 Å². The van der Waals surface area contributed by atoms with Gasteiger partial charge in [0.25, 0.3) is 0 Å². The Bertz CT molecular complexity index is 1720. The Morgan fingerprint density at radius 2 is 0.646 bits per heavy atom. The van der Waals surface area contributed by atoms with Gasteiger partial charge in [0.15, 0.2) is 43.1 Å². The van der Waals surface area contributed by atoms with Crippen LogP contribution in [0.25, 0.3) is 0 Å². The highest BCUT2D eigenvalue weighted by Crippen LogP contribution is 2.36. The summed E-state index contributed by atoms with van der Waals surface area (Å²) in [6.45, 7) is 11.5. The lowest BCUT2D eigenvalue weighted by atomic mass is 9.96. The Balaban J connectivity index is 2.30. The summed E-state index contributed by atoms with van der Waals surface area (Å²) in [7, 11) is 0. The van der Waals surface area contributed by atoms with Crippen LogP contribution >= 0.6 is 23.5 Å². The zero-order valence-corrected chi connectivity index (χ0v) is 53.4. The molecule has 2 aliphatic rings. The van der Waals surface area contributed by atoms with E-state index in [1.165, 1.54) is 181 Å².